The van der Waals surface area contributed by atoms with E-state index in [2.05, 4.69) is 10.3 Å². The standard InChI is InChI=1S/C16H19N3OS.ClH/c17-12(10-11-6-2-1-3-7-11)15(20)19-16-18-13-8-4-5-9-14(13)21-16;/h1-3,6-7,12H,4-5,8-10,17H2,(H,18,19,20);1H. The van der Waals surface area contributed by atoms with Crippen LogP contribution in [-0.4, -0.2) is 16.9 Å². The SMILES string of the molecule is Cl.NC(Cc1ccccc1)C(=O)Nc1nc2c(s1)CCCC2. The van der Waals surface area contributed by atoms with Crippen LogP contribution in [0.25, 0.3) is 0 Å². The van der Waals surface area contributed by atoms with Crippen LogP contribution in [0.4, 0.5) is 5.13 Å². The second kappa shape index (κ2) is 7.72. The van der Waals surface area contributed by atoms with Gasteiger partial charge in [0.25, 0.3) is 0 Å². The Morgan fingerprint density at radius 3 is 2.73 bits per heavy atom. The topological polar surface area (TPSA) is 68.0 Å². The largest absolute Gasteiger partial charge is 0.320 e. The maximum absolute atomic E-state index is 12.2. The number of halogens is 1. The van der Waals surface area contributed by atoms with Crippen LogP contribution in [0.5, 0.6) is 0 Å². The number of hydrogen-bond donors (Lipinski definition) is 2. The minimum absolute atomic E-state index is 0. The molecule has 1 aliphatic carbocycles. The third-order valence-corrected chi connectivity index (χ3v) is 4.78. The summed E-state index contributed by atoms with van der Waals surface area (Å²) in [6, 6.07) is 9.27. The van der Waals surface area contributed by atoms with Gasteiger partial charge in [-0.3, -0.25) is 4.79 Å². The van der Waals surface area contributed by atoms with E-state index < -0.39 is 6.04 Å². The van der Waals surface area contributed by atoms with Gasteiger partial charge in [-0.25, -0.2) is 4.98 Å². The number of nitrogens with zero attached hydrogens (tertiary/aromatic N) is 1. The summed E-state index contributed by atoms with van der Waals surface area (Å²) in [6.07, 6.45) is 5.06. The molecular formula is C16H20ClN3OS. The van der Waals surface area contributed by atoms with Gasteiger partial charge in [0.05, 0.1) is 11.7 Å². The highest BCUT2D eigenvalue weighted by atomic mass is 35.5. The van der Waals surface area contributed by atoms with E-state index in [4.69, 9.17) is 5.73 Å². The first kappa shape index (κ1) is 16.9. The van der Waals surface area contributed by atoms with E-state index >= 15 is 0 Å². The number of carbonyl (C=O) groups excluding carboxylic acids is 1. The van der Waals surface area contributed by atoms with Gasteiger partial charge in [-0.2, -0.15) is 0 Å². The summed E-state index contributed by atoms with van der Waals surface area (Å²) in [5.74, 6) is -0.162. The van der Waals surface area contributed by atoms with Crippen molar-refractivity contribution in [2.75, 3.05) is 5.32 Å². The van der Waals surface area contributed by atoms with Crippen molar-refractivity contribution >= 4 is 34.8 Å². The monoisotopic (exact) mass is 337 g/mol. The van der Waals surface area contributed by atoms with Gasteiger partial charge in [0, 0.05) is 4.88 Å². The van der Waals surface area contributed by atoms with Gasteiger partial charge in [-0.15, -0.1) is 23.7 Å². The van der Waals surface area contributed by atoms with Crippen molar-refractivity contribution in [3.63, 3.8) is 0 Å². The molecule has 3 N–H and O–H groups in total. The summed E-state index contributed by atoms with van der Waals surface area (Å²) in [7, 11) is 0. The number of fused-ring (bicyclic) bond motifs is 1. The van der Waals surface area contributed by atoms with Gasteiger partial charge in [0.15, 0.2) is 5.13 Å². The van der Waals surface area contributed by atoms with Crippen LogP contribution >= 0.6 is 23.7 Å². The van der Waals surface area contributed by atoms with Crippen molar-refractivity contribution in [3.8, 4) is 0 Å². The molecule has 0 radical (unpaired) electrons. The number of aromatic nitrogens is 1. The van der Waals surface area contributed by atoms with Gasteiger partial charge in [-0.1, -0.05) is 30.3 Å². The van der Waals surface area contributed by atoms with Crippen molar-refractivity contribution in [3.05, 3.63) is 46.5 Å². The molecule has 1 aromatic heterocycles. The maximum atomic E-state index is 12.2. The van der Waals surface area contributed by atoms with E-state index in [9.17, 15) is 4.79 Å². The van der Waals surface area contributed by atoms with E-state index in [-0.39, 0.29) is 18.3 Å². The fourth-order valence-electron chi connectivity index (χ4n) is 2.56. The van der Waals surface area contributed by atoms with Crippen LogP contribution in [0, 0.1) is 0 Å². The van der Waals surface area contributed by atoms with Crippen molar-refractivity contribution in [1.82, 2.24) is 4.98 Å². The van der Waals surface area contributed by atoms with Crippen molar-refractivity contribution < 1.29 is 4.79 Å². The molecule has 4 nitrogen and oxygen atoms in total. The molecule has 22 heavy (non-hydrogen) atoms. The first-order chi connectivity index (χ1) is 10.2. The average molecular weight is 338 g/mol. The minimum Gasteiger partial charge on any atom is -0.320 e. The first-order valence-corrected chi connectivity index (χ1v) is 8.13. The van der Waals surface area contributed by atoms with Crippen LogP contribution in [0.15, 0.2) is 30.3 Å². The molecule has 1 amide bonds. The Morgan fingerprint density at radius 1 is 1.27 bits per heavy atom. The molecule has 0 saturated heterocycles. The summed E-state index contributed by atoms with van der Waals surface area (Å²) >= 11 is 1.59. The summed E-state index contributed by atoms with van der Waals surface area (Å²) in [4.78, 5) is 18.0. The van der Waals surface area contributed by atoms with Gasteiger partial charge in [0.2, 0.25) is 5.91 Å². The van der Waals surface area contributed by atoms with E-state index in [1.54, 1.807) is 11.3 Å². The van der Waals surface area contributed by atoms with Gasteiger partial charge < -0.3 is 11.1 Å². The lowest BCUT2D eigenvalue weighted by Gasteiger charge is -2.10. The number of amides is 1. The molecular weight excluding hydrogens is 318 g/mol. The van der Waals surface area contributed by atoms with Crippen LogP contribution < -0.4 is 11.1 Å². The zero-order valence-corrected chi connectivity index (χ0v) is 13.9. The Bertz CT molecular complexity index is 606. The molecule has 0 spiro atoms. The highest BCUT2D eigenvalue weighted by molar-refractivity contribution is 7.15. The van der Waals surface area contributed by atoms with E-state index in [0.717, 1.165) is 24.1 Å². The lowest BCUT2D eigenvalue weighted by Crippen LogP contribution is -2.37. The smallest absolute Gasteiger partial charge is 0.243 e. The van der Waals surface area contributed by atoms with Crippen molar-refractivity contribution in [2.24, 2.45) is 5.73 Å². The summed E-state index contributed by atoms with van der Waals surface area (Å²) in [5.41, 5.74) is 8.20. The fraction of sp³-hybridized carbons (Fsp3) is 0.375. The molecule has 3 rings (SSSR count). The Morgan fingerprint density at radius 2 is 2.00 bits per heavy atom. The summed E-state index contributed by atoms with van der Waals surface area (Å²) < 4.78 is 0. The lowest BCUT2D eigenvalue weighted by molar-refractivity contribution is -0.117. The maximum Gasteiger partial charge on any atom is 0.243 e. The zero-order valence-electron chi connectivity index (χ0n) is 12.2. The second-order valence-electron chi connectivity index (χ2n) is 5.38. The lowest BCUT2D eigenvalue weighted by atomic mass is 10.0. The number of aryl methyl sites for hydroxylation is 2. The Kier molecular flexibility index (Phi) is 5.94. The molecule has 2 aromatic rings. The van der Waals surface area contributed by atoms with Gasteiger partial charge >= 0.3 is 0 Å². The van der Waals surface area contributed by atoms with Gasteiger partial charge in [-0.05, 0) is 37.7 Å². The van der Waals surface area contributed by atoms with Gasteiger partial charge in [0.1, 0.15) is 0 Å². The molecule has 6 heteroatoms. The molecule has 0 bridgehead atoms. The third kappa shape index (κ3) is 4.06. The Labute approximate surface area is 140 Å². The molecule has 0 saturated carbocycles. The molecule has 1 heterocycles. The number of benzene rings is 1. The quantitative estimate of drug-likeness (QED) is 0.901. The van der Waals surface area contributed by atoms with Crippen LogP contribution in [-0.2, 0) is 24.1 Å². The van der Waals surface area contributed by atoms with E-state index in [1.165, 1.54) is 17.7 Å². The molecule has 118 valence electrons. The summed E-state index contributed by atoms with van der Waals surface area (Å²) in [6.45, 7) is 0. The average Bonchev–Trinajstić information content (AvgIpc) is 2.90. The zero-order chi connectivity index (χ0) is 14.7. The molecule has 1 atom stereocenters. The number of anilines is 1. The molecule has 0 fully saturated rings. The third-order valence-electron chi connectivity index (χ3n) is 3.71. The minimum atomic E-state index is -0.548. The number of carbonyl (C=O) groups is 1. The fourth-order valence-corrected chi connectivity index (χ4v) is 3.62. The van der Waals surface area contributed by atoms with Crippen molar-refractivity contribution in [1.29, 1.82) is 0 Å². The van der Waals surface area contributed by atoms with Crippen LogP contribution in [0.2, 0.25) is 0 Å². The number of thiazole rings is 1. The predicted molar refractivity (Wildman–Crippen MR) is 92.8 cm³/mol. The predicted octanol–water partition coefficient (Wildman–Crippen LogP) is 2.95. The second-order valence-corrected chi connectivity index (χ2v) is 6.47. The Balaban J connectivity index is 0.00000176. The number of rotatable bonds is 4. The van der Waals surface area contributed by atoms with Crippen LogP contribution in [0.1, 0.15) is 29.0 Å². The number of hydrogen-bond acceptors (Lipinski definition) is 4. The van der Waals surface area contributed by atoms with E-state index in [1.807, 2.05) is 30.3 Å². The highest BCUT2D eigenvalue weighted by Crippen LogP contribution is 2.29. The molecule has 1 aromatic carbocycles. The van der Waals surface area contributed by atoms with Crippen LogP contribution in [0.3, 0.4) is 0 Å². The molecule has 1 aliphatic rings. The normalized spacial score (nSPS) is 14.6. The van der Waals surface area contributed by atoms with E-state index in [0.29, 0.717) is 11.6 Å². The molecule has 0 aliphatic heterocycles. The Hall–Kier alpha value is -1.43. The van der Waals surface area contributed by atoms with Crippen molar-refractivity contribution in [2.45, 2.75) is 38.1 Å². The summed E-state index contributed by atoms with van der Waals surface area (Å²) in [5, 5.41) is 3.55. The number of nitrogens with two attached hydrogens (primary N) is 1. The molecule has 1 unspecified atom stereocenters. The number of nitrogens with one attached hydrogen (secondary N) is 1. The first-order valence-electron chi connectivity index (χ1n) is 7.31. The highest BCUT2D eigenvalue weighted by Gasteiger charge is 2.19.